The van der Waals surface area contributed by atoms with Crippen molar-refractivity contribution in [2.75, 3.05) is 0 Å². The van der Waals surface area contributed by atoms with Crippen LogP contribution in [0.3, 0.4) is 0 Å². The minimum atomic E-state index is -0.800. The van der Waals surface area contributed by atoms with Crippen LogP contribution in [0.25, 0.3) is 17.2 Å². The largest absolute Gasteiger partial charge is 0.448 e. The van der Waals surface area contributed by atoms with E-state index in [-0.39, 0.29) is 16.6 Å². The minimum Gasteiger partial charge on any atom is -0.448 e. The summed E-state index contributed by atoms with van der Waals surface area (Å²) in [5.74, 6) is 0.245. The predicted octanol–water partition coefficient (Wildman–Crippen LogP) is 3.90. The highest BCUT2D eigenvalue weighted by Crippen LogP contribution is 2.23. The molecule has 0 saturated carbocycles. The number of carbonyl (C=O) groups is 1. The van der Waals surface area contributed by atoms with Crippen LogP contribution in [0.15, 0.2) is 47.2 Å². The third kappa shape index (κ3) is 3.92. The molecule has 0 fully saturated rings. The van der Waals surface area contributed by atoms with E-state index in [1.54, 1.807) is 48.3 Å². The van der Waals surface area contributed by atoms with Crippen LogP contribution >= 0.6 is 11.6 Å². The summed E-state index contributed by atoms with van der Waals surface area (Å²) >= 11 is 6.19. The zero-order valence-corrected chi connectivity index (χ0v) is 17.2. The van der Waals surface area contributed by atoms with Gasteiger partial charge >= 0.3 is 5.97 Å². The fraction of sp³-hybridized carbons (Fsp3) is 0.200. The molecule has 4 aromatic rings. The van der Waals surface area contributed by atoms with E-state index in [0.717, 1.165) is 11.4 Å². The van der Waals surface area contributed by atoms with E-state index in [0.29, 0.717) is 17.2 Å². The molecule has 4 heterocycles. The Labute approximate surface area is 176 Å². The van der Waals surface area contributed by atoms with Crippen LogP contribution in [0.1, 0.15) is 40.8 Å². The molecule has 9 nitrogen and oxygen atoms in total. The summed E-state index contributed by atoms with van der Waals surface area (Å²) in [5, 5.41) is 8.44. The molecule has 1 unspecified atom stereocenters. The molecule has 0 saturated heterocycles. The zero-order valence-electron chi connectivity index (χ0n) is 16.4. The van der Waals surface area contributed by atoms with Crippen molar-refractivity contribution < 1.29 is 14.1 Å². The maximum absolute atomic E-state index is 12.7. The van der Waals surface area contributed by atoms with Gasteiger partial charge < -0.3 is 9.26 Å². The lowest BCUT2D eigenvalue weighted by atomic mass is 10.3. The molecule has 0 aromatic carbocycles. The Kier molecular flexibility index (Phi) is 5.28. The van der Waals surface area contributed by atoms with Gasteiger partial charge in [-0.05, 0) is 51.1 Å². The molecule has 0 bridgehead atoms. The van der Waals surface area contributed by atoms with Crippen LogP contribution in [0.5, 0.6) is 0 Å². The van der Waals surface area contributed by atoms with Crippen molar-refractivity contribution >= 4 is 17.6 Å². The number of hydrogen-bond donors (Lipinski definition) is 0. The number of hydrogen-bond acceptors (Lipinski definition) is 8. The van der Waals surface area contributed by atoms with Crippen molar-refractivity contribution in [2.24, 2.45) is 0 Å². The SMILES string of the molecule is Cc1cc(C)n(-c2ccc(Cl)c(C(=O)OC(C)c3nc(-c4cccnc4)no3)n2)n1. The van der Waals surface area contributed by atoms with Gasteiger partial charge in [-0.15, -0.1) is 0 Å². The maximum Gasteiger partial charge on any atom is 0.359 e. The number of ether oxygens (including phenoxy) is 1. The molecule has 10 heteroatoms. The average Bonchev–Trinajstić information content (AvgIpc) is 3.35. The van der Waals surface area contributed by atoms with Gasteiger partial charge in [0.15, 0.2) is 17.6 Å². The molecular weight excluding hydrogens is 408 g/mol. The van der Waals surface area contributed by atoms with E-state index in [2.05, 4.69) is 25.2 Å². The predicted molar refractivity (Wildman–Crippen MR) is 107 cm³/mol. The van der Waals surface area contributed by atoms with Crippen LogP contribution in [-0.2, 0) is 4.74 Å². The van der Waals surface area contributed by atoms with Gasteiger partial charge in [-0.3, -0.25) is 4.98 Å². The summed E-state index contributed by atoms with van der Waals surface area (Å²) in [5.41, 5.74) is 2.38. The number of carbonyl (C=O) groups excluding carboxylic acids is 1. The molecule has 1 atom stereocenters. The topological polar surface area (TPSA) is 109 Å². The second kappa shape index (κ2) is 8.03. The lowest BCUT2D eigenvalue weighted by Crippen LogP contribution is -2.14. The Hall–Kier alpha value is -3.59. The molecule has 4 aromatic heterocycles. The molecule has 0 spiro atoms. The minimum absolute atomic E-state index is 0.0273. The van der Waals surface area contributed by atoms with Crippen LogP contribution in [0.2, 0.25) is 5.02 Å². The van der Waals surface area contributed by atoms with Crippen molar-refractivity contribution in [1.82, 2.24) is 29.9 Å². The number of halogens is 1. The van der Waals surface area contributed by atoms with Crippen molar-refractivity contribution in [3.63, 3.8) is 0 Å². The molecule has 0 N–H and O–H groups in total. The van der Waals surface area contributed by atoms with E-state index >= 15 is 0 Å². The summed E-state index contributed by atoms with van der Waals surface area (Å²) in [6.45, 7) is 5.39. The lowest BCUT2D eigenvalue weighted by molar-refractivity contribution is 0.0258. The zero-order chi connectivity index (χ0) is 21.3. The summed E-state index contributed by atoms with van der Waals surface area (Å²) in [6, 6.07) is 8.73. The molecule has 30 heavy (non-hydrogen) atoms. The second-order valence-electron chi connectivity index (χ2n) is 6.58. The van der Waals surface area contributed by atoms with Gasteiger partial charge in [-0.25, -0.2) is 14.5 Å². The number of aromatic nitrogens is 6. The first-order valence-corrected chi connectivity index (χ1v) is 9.45. The Morgan fingerprint density at radius 1 is 1.23 bits per heavy atom. The van der Waals surface area contributed by atoms with Crippen molar-refractivity contribution in [1.29, 1.82) is 0 Å². The third-order valence-electron chi connectivity index (χ3n) is 4.24. The van der Waals surface area contributed by atoms with Crippen LogP contribution in [-0.4, -0.2) is 35.9 Å². The van der Waals surface area contributed by atoms with Crippen LogP contribution in [0.4, 0.5) is 0 Å². The summed E-state index contributed by atoms with van der Waals surface area (Å²) in [7, 11) is 0. The molecule has 152 valence electrons. The average molecular weight is 425 g/mol. The summed E-state index contributed by atoms with van der Waals surface area (Å²) in [6.07, 6.45) is 2.45. The normalized spacial score (nSPS) is 12.0. The van der Waals surface area contributed by atoms with Gasteiger partial charge in [0.25, 0.3) is 5.89 Å². The first-order chi connectivity index (χ1) is 14.4. The van der Waals surface area contributed by atoms with Crippen LogP contribution < -0.4 is 0 Å². The first-order valence-electron chi connectivity index (χ1n) is 9.07. The van der Waals surface area contributed by atoms with E-state index in [1.165, 1.54) is 0 Å². The quantitative estimate of drug-likeness (QED) is 0.444. The van der Waals surface area contributed by atoms with Gasteiger partial charge in [0.05, 0.1) is 10.7 Å². The number of aryl methyl sites for hydroxylation is 2. The molecule has 0 aliphatic rings. The highest BCUT2D eigenvalue weighted by atomic mass is 35.5. The van der Waals surface area contributed by atoms with E-state index < -0.39 is 12.1 Å². The number of rotatable bonds is 5. The van der Waals surface area contributed by atoms with Gasteiger partial charge in [0.2, 0.25) is 5.82 Å². The summed E-state index contributed by atoms with van der Waals surface area (Å²) < 4.78 is 12.3. The van der Waals surface area contributed by atoms with Crippen LogP contribution in [0, 0.1) is 13.8 Å². The van der Waals surface area contributed by atoms with Crippen molar-refractivity contribution in [3.05, 3.63) is 70.7 Å². The van der Waals surface area contributed by atoms with E-state index in [4.69, 9.17) is 20.9 Å². The number of nitrogens with zero attached hydrogens (tertiary/aromatic N) is 6. The number of esters is 1. The van der Waals surface area contributed by atoms with Gasteiger partial charge in [0, 0.05) is 23.7 Å². The smallest absolute Gasteiger partial charge is 0.359 e. The Morgan fingerprint density at radius 2 is 2.07 bits per heavy atom. The monoisotopic (exact) mass is 424 g/mol. The molecule has 4 rings (SSSR count). The van der Waals surface area contributed by atoms with E-state index in [1.807, 2.05) is 19.9 Å². The standard InChI is InChI=1S/C20H17ClN6O3/c1-11-9-12(2)27(25-11)16-7-6-15(21)17(23-16)20(28)29-13(3)19-24-18(26-30-19)14-5-4-8-22-10-14/h4-10,13H,1-3H3. The lowest BCUT2D eigenvalue weighted by Gasteiger charge is -2.11. The van der Waals surface area contributed by atoms with Gasteiger partial charge in [-0.1, -0.05) is 16.8 Å². The van der Waals surface area contributed by atoms with Gasteiger partial charge in [-0.2, -0.15) is 10.1 Å². The molecular formula is C20H17ClN6O3. The molecule has 0 aliphatic carbocycles. The molecule has 0 amide bonds. The fourth-order valence-corrected chi connectivity index (χ4v) is 3.02. The second-order valence-corrected chi connectivity index (χ2v) is 6.99. The first kappa shape index (κ1) is 19.7. The summed E-state index contributed by atoms with van der Waals surface area (Å²) in [4.78, 5) is 25.3. The Bertz CT molecular complexity index is 1200. The highest BCUT2D eigenvalue weighted by molar-refractivity contribution is 6.33. The van der Waals surface area contributed by atoms with Gasteiger partial charge in [0.1, 0.15) is 0 Å². The molecule has 0 aliphatic heterocycles. The van der Waals surface area contributed by atoms with Crippen molar-refractivity contribution in [3.8, 4) is 17.2 Å². The van der Waals surface area contributed by atoms with E-state index in [9.17, 15) is 4.79 Å². The third-order valence-corrected chi connectivity index (χ3v) is 4.55. The fourth-order valence-electron chi connectivity index (χ4n) is 2.83. The molecule has 0 radical (unpaired) electrons. The highest BCUT2D eigenvalue weighted by Gasteiger charge is 2.23. The Balaban J connectivity index is 1.54. The van der Waals surface area contributed by atoms with Crippen molar-refractivity contribution in [2.45, 2.75) is 26.9 Å². The maximum atomic E-state index is 12.7. The number of pyridine rings is 2. The Morgan fingerprint density at radius 3 is 2.77 bits per heavy atom.